The first-order valence-electron chi connectivity index (χ1n) is 4.65. The van der Waals surface area contributed by atoms with Gasteiger partial charge in [-0.3, -0.25) is 18.7 Å². The molecule has 0 saturated heterocycles. The van der Waals surface area contributed by atoms with E-state index in [2.05, 4.69) is 11.2 Å². The third kappa shape index (κ3) is 33.5. The van der Waals surface area contributed by atoms with Crippen molar-refractivity contribution in [2.45, 2.75) is 18.4 Å². The molecule has 138 valence electrons. The van der Waals surface area contributed by atoms with Gasteiger partial charge in [0.05, 0.1) is 12.8 Å². The van der Waals surface area contributed by atoms with Crippen LogP contribution >= 0.6 is 7.82 Å². The van der Waals surface area contributed by atoms with Crippen molar-refractivity contribution in [2.24, 2.45) is 0 Å². The van der Waals surface area contributed by atoms with Gasteiger partial charge < -0.3 is 35.1 Å². The lowest BCUT2D eigenvalue weighted by atomic mass is 9.96. The Balaban J connectivity index is -0.000000329. The van der Waals surface area contributed by atoms with E-state index in [1.807, 2.05) is 0 Å². The molecule has 0 radical (unpaired) electrons. The molecule has 0 aliphatic rings. The molecular weight excluding hydrogens is 391 g/mol. The average Bonchev–Trinajstić information content (AvgIpc) is 2.07. The van der Waals surface area contributed by atoms with Crippen LogP contribution in [0, 0.1) is 0 Å². The molecule has 0 rings (SSSR count). The van der Waals surface area contributed by atoms with E-state index >= 15 is 0 Å². The molecule has 0 aliphatic heterocycles. The van der Waals surface area contributed by atoms with Gasteiger partial charge in [-0.1, -0.05) is 0 Å². The number of phosphoric acid groups is 1. The van der Waals surface area contributed by atoms with E-state index in [1.165, 1.54) is 0 Å². The number of carboxylic acid groups (broad SMARTS) is 3. The maximum Gasteiger partial charge on any atom is 0.466 e. The maximum absolute atomic E-state index is 10.3. The lowest BCUT2D eigenvalue weighted by molar-refractivity contribution is -0.170. The highest BCUT2D eigenvalue weighted by Gasteiger charge is 2.40. The maximum atomic E-state index is 10.3. The number of aliphatic hydroxyl groups is 1. The van der Waals surface area contributed by atoms with Crippen LogP contribution < -0.4 is 0 Å². The van der Waals surface area contributed by atoms with Crippen molar-refractivity contribution < 1.29 is 67.4 Å². The predicted octanol–water partition coefficient (Wildman–Crippen LogP) is -2.50. The van der Waals surface area contributed by atoms with Crippen LogP contribution in [0.2, 0.25) is 0 Å². The Morgan fingerprint density at radius 2 is 1.13 bits per heavy atom. The van der Waals surface area contributed by atoms with Gasteiger partial charge in [0, 0.05) is 11.2 Å². The van der Waals surface area contributed by atoms with Gasteiger partial charge in [0.15, 0.2) is 5.60 Å². The van der Waals surface area contributed by atoms with E-state index < -0.39 is 53.2 Å². The minimum atomic E-state index is -4.64. The summed E-state index contributed by atoms with van der Waals surface area (Å²) in [4.78, 5) is 52.0. The first-order chi connectivity index (χ1) is 9.78. The predicted molar refractivity (Wildman–Crippen MR) is 72.1 cm³/mol. The fourth-order valence-electron chi connectivity index (χ4n) is 0.714. The van der Waals surface area contributed by atoms with Gasteiger partial charge in [-0.15, -0.1) is 0 Å². The molecule has 0 aliphatic carbocycles. The van der Waals surface area contributed by atoms with Crippen molar-refractivity contribution in [3.05, 3.63) is 0 Å². The highest BCUT2D eigenvalue weighted by atomic mass is 32.9. The second-order valence-corrected chi connectivity index (χ2v) is 6.66. The van der Waals surface area contributed by atoms with Crippen molar-refractivity contribution in [2.75, 3.05) is 0 Å². The van der Waals surface area contributed by atoms with Crippen molar-refractivity contribution in [3.63, 3.8) is 0 Å². The van der Waals surface area contributed by atoms with Crippen LogP contribution in [0.4, 0.5) is 0 Å². The normalized spacial score (nSPS) is 11.2. The van der Waals surface area contributed by atoms with Crippen molar-refractivity contribution >= 4 is 46.0 Å². The first-order valence-corrected chi connectivity index (χ1v) is 8.61. The number of carbonyl (C=O) groups is 3. The zero-order valence-electron chi connectivity index (χ0n) is 10.7. The van der Waals surface area contributed by atoms with Crippen LogP contribution in [0.1, 0.15) is 12.8 Å². The van der Waals surface area contributed by atoms with Crippen LogP contribution in [0.3, 0.4) is 0 Å². The Kier molecular flexibility index (Phi) is 12.2. The van der Waals surface area contributed by atoms with Crippen LogP contribution in [0.5, 0.6) is 0 Å². The Morgan fingerprint density at radius 1 is 0.957 bits per heavy atom. The summed E-state index contributed by atoms with van der Waals surface area (Å²) in [6.07, 6.45) is -2.29. The van der Waals surface area contributed by atoms with E-state index in [0.717, 1.165) is 0 Å². The highest BCUT2D eigenvalue weighted by molar-refractivity contribution is 8.26. The molecule has 23 heavy (non-hydrogen) atoms. The molecule has 0 fully saturated rings. The Labute approximate surface area is 132 Å². The first kappa shape index (κ1) is 26.7. The van der Waals surface area contributed by atoms with E-state index in [4.69, 9.17) is 53.0 Å². The number of aliphatic carboxylic acids is 3. The minimum Gasteiger partial charge on any atom is -0.481 e. The Morgan fingerprint density at radius 3 is 1.22 bits per heavy atom. The lowest BCUT2D eigenvalue weighted by Crippen LogP contribution is -2.42. The lowest BCUT2D eigenvalue weighted by Gasteiger charge is -2.18. The molecular formula is C6H13O14PS2. The summed E-state index contributed by atoms with van der Waals surface area (Å²) in [6.45, 7) is 0. The summed E-state index contributed by atoms with van der Waals surface area (Å²) in [6, 6.07) is 0. The van der Waals surface area contributed by atoms with E-state index in [1.54, 1.807) is 0 Å². The summed E-state index contributed by atoms with van der Waals surface area (Å²) in [5, 5.41) is 33.8. The fraction of sp³-hybridized carbons (Fsp3) is 0.500. The SMILES string of the molecule is O=C(O)CC(O)(CC(=O)O)C(=O)O.O=P(O)(O)O.O=S(O)(O)=S. The van der Waals surface area contributed by atoms with Crippen LogP contribution in [-0.2, 0) is 39.2 Å². The molecule has 0 atom stereocenters. The zero-order chi connectivity index (χ0) is 19.6. The highest BCUT2D eigenvalue weighted by Crippen LogP contribution is 2.25. The molecule has 0 unspecified atom stereocenters. The summed E-state index contributed by atoms with van der Waals surface area (Å²) in [5.41, 5.74) is -2.74. The number of rotatable bonds is 5. The molecule has 0 amide bonds. The van der Waals surface area contributed by atoms with Gasteiger partial charge in [0.1, 0.15) is 0 Å². The second-order valence-electron chi connectivity index (χ2n) is 3.44. The molecule has 0 aromatic carbocycles. The van der Waals surface area contributed by atoms with Gasteiger partial charge in [0.2, 0.25) is 0 Å². The molecule has 14 nitrogen and oxygen atoms in total. The van der Waals surface area contributed by atoms with Gasteiger partial charge >= 0.3 is 25.7 Å². The third-order valence-electron chi connectivity index (χ3n) is 1.29. The molecule has 0 spiro atoms. The van der Waals surface area contributed by atoms with Crippen molar-refractivity contribution in [3.8, 4) is 0 Å². The summed E-state index contributed by atoms with van der Waals surface area (Å²) >= 11 is 3.47. The zero-order valence-corrected chi connectivity index (χ0v) is 13.3. The molecule has 17 heteroatoms. The molecule has 0 aromatic rings. The van der Waals surface area contributed by atoms with E-state index in [-0.39, 0.29) is 0 Å². The topological polar surface area (TPSA) is 267 Å². The van der Waals surface area contributed by atoms with Crippen molar-refractivity contribution in [1.29, 1.82) is 0 Å². The van der Waals surface area contributed by atoms with Crippen molar-refractivity contribution in [1.82, 2.24) is 0 Å². The molecule has 0 bridgehead atoms. The van der Waals surface area contributed by atoms with Crippen LogP contribution in [0.25, 0.3) is 0 Å². The summed E-state index contributed by atoms with van der Waals surface area (Å²) in [7, 11) is -8.47. The number of carboxylic acids is 3. The van der Waals surface area contributed by atoms with Crippen LogP contribution in [0.15, 0.2) is 0 Å². The monoisotopic (exact) mass is 404 g/mol. The number of hydrogen-bond donors (Lipinski definition) is 9. The van der Waals surface area contributed by atoms with Gasteiger partial charge in [-0.25, -0.2) is 9.36 Å². The summed E-state index contributed by atoms with van der Waals surface area (Å²) in [5.74, 6) is -5.02. The van der Waals surface area contributed by atoms with Gasteiger partial charge in [-0.2, -0.15) is 4.21 Å². The Bertz CT molecular complexity index is 528. The largest absolute Gasteiger partial charge is 0.481 e. The Hall–Kier alpha value is -1.23. The van der Waals surface area contributed by atoms with Gasteiger partial charge in [0.25, 0.3) is 9.05 Å². The molecule has 0 heterocycles. The molecule has 0 aromatic heterocycles. The smallest absolute Gasteiger partial charge is 0.466 e. The molecule has 0 saturated carbocycles. The van der Waals surface area contributed by atoms with E-state index in [9.17, 15) is 14.4 Å². The van der Waals surface area contributed by atoms with Crippen LogP contribution in [-0.4, -0.2) is 71.9 Å². The summed E-state index contributed by atoms with van der Waals surface area (Å²) < 4.78 is 32.8. The van der Waals surface area contributed by atoms with E-state index in [0.29, 0.717) is 0 Å². The quantitative estimate of drug-likeness (QED) is 0.214. The minimum absolute atomic E-state index is 1.14. The molecule has 9 N–H and O–H groups in total. The van der Waals surface area contributed by atoms with Gasteiger partial charge in [-0.05, 0) is 0 Å². The fourth-order valence-corrected chi connectivity index (χ4v) is 0.714. The second kappa shape index (κ2) is 10.5. The standard InChI is InChI=1S/C6H8O7.H3O4P.H2O3S2/c7-3(8)1-6(13,5(11)12)2-4(9)10;2*1-5(2,3)4/h13H,1-2H2,(H,7,8)(H,9,10)(H,11,12);(H3,1,2,3,4);(H2,1,2,3,4). The third-order valence-corrected chi connectivity index (χ3v) is 1.29. The number of hydrogen-bond acceptors (Lipinski definition) is 7. The average molecular weight is 404 g/mol.